The van der Waals surface area contributed by atoms with Gasteiger partial charge in [0.2, 0.25) is 10.0 Å². The molecule has 1 aliphatic heterocycles. The normalized spacial score (nSPS) is 17.5. The lowest BCUT2D eigenvalue weighted by atomic mass is 10.1. The van der Waals surface area contributed by atoms with Crippen molar-refractivity contribution in [2.45, 2.75) is 36.8 Å². The van der Waals surface area contributed by atoms with Gasteiger partial charge in [-0.15, -0.1) is 0 Å². The van der Waals surface area contributed by atoms with Crippen LogP contribution in [0.15, 0.2) is 57.8 Å². The summed E-state index contributed by atoms with van der Waals surface area (Å²) in [5.74, 6) is 0.298. The van der Waals surface area contributed by atoms with E-state index >= 15 is 0 Å². The molecule has 3 aromatic rings. The summed E-state index contributed by atoms with van der Waals surface area (Å²) in [5, 5.41) is 1.00. The van der Waals surface area contributed by atoms with E-state index in [-0.39, 0.29) is 40.1 Å². The molecule has 1 saturated heterocycles. The summed E-state index contributed by atoms with van der Waals surface area (Å²) in [7, 11) is -2.25. The van der Waals surface area contributed by atoms with Gasteiger partial charge < -0.3 is 14.1 Å². The number of nitrogens with one attached hydrogen (secondary N) is 1. The zero-order chi connectivity index (χ0) is 22.9. The number of amides is 1. The first kappa shape index (κ1) is 22.8. The summed E-state index contributed by atoms with van der Waals surface area (Å²) in [5.41, 5.74) is 0.963. The largest absolute Gasteiger partial charge is 0.459 e. The fourth-order valence-electron chi connectivity index (χ4n) is 3.71. The maximum atomic E-state index is 13.1. The number of sulfonamides is 1. The Labute approximate surface area is 192 Å². The van der Waals surface area contributed by atoms with Crippen molar-refractivity contribution in [1.29, 1.82) is 0 Å². The maximum Gasteiger partial charge on any atom is 0.254 e. The van der Waals surface area contributed by atoms with E-state index in [0.717, 1.165) is 23.8 Å². The number of halogens is 1. The van der Waals surface area contributed by atoms with E-state index in [1.165, 1.54) is 23.1 Å². The Hall–Kier alpha value is -2.39. The quantitative estimate of drug-likeness (QED) is 0.546. The molecule has 1 N–H and O–H groups in total. The van der Waals surface area contributed by atoms with Gasteiger partial charge in [-0.05, 0) is 50.1 Å². The van der Waals surface area contributed by atoms with Gasteiger partial charge in [0.05, 0.1) is 17.2 Å². The first-order valence-electron chi connectivity index (χ1n) is 10.4. The number of carbonyl (C=O) groups excluding carboxylic acids is 1. The van der Waals surface area contributed by atoms with Crippen LogP contribution in [0.3, 0.4) is 0 Å². The maximum absolute atomic E-state index is 13.1. The Bertz CT molecular complexity index is 1200. The molecule has 0 radical (unpaired) electrons. The van der Waals surface area contributed by atoms with Gasteiger partial charge in [-0.2, -0.15) is 0 Å². The number of rotatable bonds is 7. The minimum atomic E-state index is -3.90. The molecule has 1 aliphatic rings. The predicted molar refractivity (Wildman–Crippen MR) is 122 cm³/mol. The Morgan fingerprint density at radius 1 is 1.25 bits per heavy atom. The number of furan rings is 1. The van der Waals surface area contributed by atoms with Gasteiger partial charge in [0.15, 0.2) is 0 Å². The number of nitrogens with zero attached hydrogens (tertiary/aromatic N) is 1. The number of fused-ring (bicyclic) bond motifs is 1. The summed E-state index contributed by atoms with van der Waals surface area (Å²) in [6.07, 6.45) is 1.57. The van der Waals surface area contributed by atoms with E-state index in [1.54, 1.807) is 7.05 Å². The monoisotopic (exact) mass is 476 g/mol. The van der Waals surface area contributed by atoms with Crippen molar-refractivity contribution in [2.24, 2.45) is 0 Å². The molecule has 2 heterocycles. The van der Waals surface area contributed by atoms with E-state index < -0.39 is 10.0 Å². The first-order valence-corrected chi connectivity index (χ1v) is 12.3. The SMILES string of the molecule is CC(c1cc2ccccc2o1)N(C)C(=O)c1ccc(Cl)c(S(=O)(=O)NCC2CCCO2)c1. The number of para-hydroxylation sites is 1. The predicted octanol–water partition coefficient (Wildman–Crippen LogP) is 4.38. The van der Waals surface area contributed by atoms with Crippen molar-refractivity contribution < 1.29 is 22.4 Å². The molecule has 2 unspecified atom stereocenters. The van der Waals surface area contributed by atoms with Crippen LogP contribution in [0, 0.1) is 0 Å². The van der Waals surface area contributed by atoms with E-state index in [9.17, 15) is 13.2 Å². The van der Waals surface area contributed by atoms with Crippen LogP contribution in [-0.4, -0.2) is 45.5 Å². The summed E-state index contributed by atoms with van der Waals surface area (Å²) >= 11 is 6.17. The minimum absolute atomic E-state index is 0.0503. The number of hydrogen-bond acceptors (Lipinski definition) is 5. The molecule has 0 bridgehead atoms. The lowest BCUT2D eigenvalue weighted by molar-refractivity contribution is 0.0727. The fourth-order valence-corrected chi connectivity index (χ4v) is 5.30. The fraction of sp³-hybridized carbons (Fsp3) is 0.348. The number of hydrogen-bond donors (Lipinski definition) is 1. The average Bonchev–Trinajstić information content (AvgIpc) is 3.46. The van der Waals surface area contributed by atoms with Crippen LogP contribution in [0.4, 0.5) is 0 Å². The molecule has 4 rings (SSSR count). The minimum Gasteiger partial charge on any atom is -0.459 e. The molecular formula is C23H25ClN2O5S. The third-order valence-electron chi connectivity index (χ3n) is 5.75. The van der Waals surface area contributed by atoms with Gasteiger partial charge >= 0.3 is 0 Å². The van der Waals surface area contributed by atoms with Gasteiger partial charge in [-0.3, -0.25) is 4.79 Å². The Balaban J connectivity index is 1.54. The molecular weight excluding hydrogens is 452 g/mol. The van der Waals surface area contributed by atoms with Gasteiger partial charge in [0.1, 0.15) is 16.2 Å². The second-order valence-electron chi connectivity index (χ2n) is 7.91. The summed E-state index contributed by atoms with van der Waals surface area (Å²) in [6.45, 7) is 2.65. The molecule has 0 saturated carbocycles. The zero-order valence-electron chi connectivity index (χ0n) is 17.9. The van der Waals surface area contributed by atoms with Crippen molar-refractivity contribution >= 4 is 38.5 Å². The highest BCUT2D eigenvalue weighted by Gasteiger charge is 2.26. The Morgan fingerprint density at radius 2 is 2.03 bits per heavy atom. The van der Waals surface area contributed by atoms with E-state index in [0.29, 0.717) is 12.4 Å². The van der Waals surface area contributed by atoms with Crippen LogP contribution in [0.2, 0.25) is 5.02 Å². The van der Waals surface area contributed by atoms with Crippen molar-refractivity contribution in [3.05, 3.63) is 64.9 Å². The molecule has 1 fully saturated rings. The highest BCUT2D eigenvalue weighted by Crippen LogP contribution is 2.29. The number of carbonyl (C=O) groups is 1. The highest BCUT2D eigenvalue weighted by molar-refractivity contribution is 7.89. The second kappa shape index (κ2) is 9.23. The van der Waals surface area contributed by atoms with Crippen molar-refractivity contribution in [1.82, 2.24) is 9.62 Å². The molecule has 7 nitrogen and oxygen atoms in total. The summed E-state index contributed by atoms with van der Waals surface area (Å²) < 4.78 is 39.5. The van der Waals surface area contributed by atoms with Gasteiger partial charge in [-0.1, -0.05) is 29.8 Å². The summed E-state index contributed by atoms with van der Waals surface area (Å²) in [6, 6.07) is 13.4. The van der Waals surface area contributed by atoms with Crippen molar-refractivity contribution in [2.75, 3.05) is 20.2 Å². The molecule has 0 aliphatic carbocycles. The Kier molecular flexibility index (Phi) is 6.57. The lowest BCUT2D eigenvalue weighted by Gasteiger charge is -2.23. The lowest BCUT2D eigenvalue weighted by Crippen LogP contribution is -2.32. The average molecular weight is 477 g/mol. The first-order chi connectivity index (χ1) is 15.3. The molecule has 32 heavy (non-hydrogen) atoms. The second-order valence-corrected chi connectivity index (χ2v) is 10.1. The molecule has 170 valence electrons. The van der Waals surface area contributed by atoms with Gasteiger partial charge in [0, 0.05) is 31.1 Å². The molecule has 1 aromatic heterocycles. The van der Waals surface area contributed by atoms with Gasteiger partial charge in [0.25, 0.3) is 5.91 Å². The van der Waals surface area contributed by atoms with Crippen LogP contribution < -0.4 is 4.72 Å². The molecule has 1 amide bonds. The molecule has 0 spiro atoms. The third-order valence-corrected chi connectivity index (χ3v) is 7.66. The highest BCUT2D eigenvalue weighted by atomic mass is 35.5. The summed E-state index contributed by atoms with van der Waals surface area (Å²) in [4.78, 5) is 14.5. The van der Waals surface area contributed by atoms with E-state index in [2.05, 4.69) is 4.72 Å². The van der Waals surface area contributed by atoms with Crippen molar-refractivity contribution in [3.63, 3.8) is 0 Å². The van der Waals surface area contributed by atoms with Crippen molar-refractivity contribution in [3.8, 4) is 0 Å². The molecule has 2 atom stereocenters. The molecule has 9 heteroatoms. The number of ether oxygens (including phenoxy) is 1. The van der Waals surface area contributed by atoms with Crippen LogP contribution in [-0.2, 0) is 14.8 Å². The Morgan fingerprint density at radius 3 is 2.75 bits per heavy atom. The van der Waals surface area contributed by atoms with Crippen LogP contribution in [0.1, 0.15) is 41.9 Å². The van der Waals surface area contributed by atoms with Gasteiger partial charge in [-0.25, -0.2) is 13.1 Å². The van der Waals surface area contributed by atoms with E-state index in [4.69, 9.17) is 20.8 Å². The van der Waals surface area contributed by atoms with Crippen LogP contribution in [0.5, 0.6) is 0 Å². The number of benzene rings is 2. The topological polar surface area (TPSA) is 88.9 Å². The van der Waals surface area contributed by atoms with E-state index in [1.807, 2.05) is 37.3 Å². The van der Waals surface area contributed by atoms with Crippen LogP contribution in [0.25, 0.3) is 11.0 Å². The van der Waals surface area contributed by atoms with Crippen LogP contribution >= 0.6 is 11.6 Å². The zero-order valence-corrected chi connectivity index (χ0v) is 19.4. The standard InChI is InChI=1S/C23H25ClN2O5S/c1-15(21-12-16-6-3-4-8-20(16)31-21)26(2)23(27)17-9-10-19(24)22(13-17)32(28,29)25-14-18-7-5-11-30-18/h3-4,6,8-10,12-13,15,18,25H,5,7,11,14H2,1-2H3. The smallest absolute Gasteiger partial charge is 0.254 e. The molecule has 2 aromatic carbocycles. The third kappa shape index (κ3) is 4.68.